The molecule has 0 amide bonds. The summed E-state index contributed by atoms with van der Waals surface area (Å²) in [7, 11) is 0. The third kappa shape index (κ3) is 5.11. The van der Waals surface area contributed by atoms with E-state index < -0.39 is 0 Å². The molecule has 0 fully saturated rings. The largest absolute Gasteiger partial charge is 0.309 e. The van der Waals surface area contributed by atoms with Crippen LogP contribution in [-0.2, 0) is 0 Å². The van der Waals surface area contributed by atoms with Gasteiger partial charge in [-0.3, -0.25) is 0 Å². The van der Waals surface area contributed by atoms with Crippen LogP contribution in [0.5, 0.6) is 0 Å². The normalized spacial score (nSPS) is 11.9. The van der Waals surface area contributed by atoms with E-state index in [0.717, 1.165) is 61.3 Å². The standard InChI is InChI=1S/C57H32N4S2/c1-33-28-34(31-58)18-21-37(33)38-22-20-36(60-47-14-6-2-12-43(47)54-50(60)26-23-41-39-10-4-8-16-52(39)62-56(41)54)30-45(38)46-29-35(32-59)19-25-49(46)61-48-15-7-3-13-44(48)55-51(61)27-24-42-40-11-5-9-17-53(40)63-57(42)55/h2-30H,1H3. The van der Waals surface area contributed by atoms with E-state index >= 15 is 0 Å². The minimum Gasteiger partial charge on any atom is -0.309 e. The van der Waals surface area contributed by atoms with Crippen LogP contribution in [0.4, 0.5) is 0 Å². The summed E-state index contributed by atoms with van der Waals surface area (Å²) < 4.78 is 9.91. The Balaban J connectivity index is 1.14. The fraction of sp³-hybridized carbons (Fsp3) is 0.0175. The number of hydrogen-bond donors (Lipinski definition) is 0. The summed E-state index contributed by atoms with van der Waals surface area (Å²) in [6.45, 7) is 2.08. The summed E-state index contributed by atoms with van der Waals surface area (Å²) in [5.74, 6) is 0. The van der Waals surface area contributed by atoms with Gasteiger partial charge in [0.2, 0.25) is 0 Å². The minimum atomic E-state index is 0.582. The zero-order valence-electron chi connectivity index (χ0n) is 33.8. The number of para-hydroxylation sites is 2. The summed E-state index contributed by atoms with van der Waals surface area (Å²) in [4.78, 5) is 0. The van der Waals surface area contributed by atoms with Gasteiger partial charge in [0.05, 0.1) is 51.0 Å². The molecule has 4 aromatic heterocycles. The quantitative estimate of drug-likeness (QED) is 0.177. The van der Waals surface area contributed by atoms with Gasteiger partial charge in [-0.25, -0.2) is 0 Å². The molecule has 0 aliphatic carbocycles. The molecule has 0 saturated heterocycles. The van der Waals surface area contributed by atoms with Crippen molar-refractivity contribution in [2.75, 3.05) is 0 Å². The van der Waals surface area contributed by atoms with Crippen molar-refractivity contribution < 1.29 is 0 Å². The number of hydrogen-bond acceptors (Lipinski definition) is 4. The molecular weight excluding hydrogens is 805 g/mol. The van der Waals surface area contributed by atoms with Gasteiger partial charge in [0.15, 0.2) is 0 Å². The molecule has 0 aliphatic heterocycles. The molecule has 13 rings (SSSR count). The van der Waals surface area contributed by atoms with Crippen molar-refractivity contribution in [3.8, 4) is 45.8 Å². The number of aromatic nitrogens is 2. The predicted molar refractivity (Wildman–Crippen MR) is 266 cm³/mol. The summed E-state index contributed by atoms with van der Waals surface area (Å²) in [6.07, 6.45) is 0. The molecule has 0 radical (unpaired) electrons. The Bertz CT molecular complexity index is 4200. The smallest absolute Gasteiger partial charge is 0.0991 e. The van der Waals surface area contributed by atoms with E-state index in [1.807, 2.05) is 40.9 Å². The molecule has 9 aromatic carbocycles. The minimum absolute atomic E-state index is 0.582. The van der Waals surface area contributed by atoms with E-state index in [4.69, 9.17) is 0 Å². The topological polar surface area (TPSA) is 57.4 Å². The molecule has 0 unspecified atom stereocenters. The predicted octanol–water partition coefficient (Wildman–Crippen LogP) is 16.0. The van der Waals surface area contributed by atoms with E-state index in [2.05, 4.69) is 186 Å². The fourth-order valence-electron chi connectivity index (χ4n) is 10.2. The van der Waals surface area contributed by atoms with Crippen LogP contribution in [0.3, 0.4) is 0 Å². The van der Waals surface area contributed by atoms with Gasteiger partial charge in [0, 0.05) is 73.1 Å². The Kier molecular flexibility index (Phi) is 7.66. The van der Waals surface area contributed by atoms with Gasteiger partial charge >= 0.3 is 0 Å². The molecule has 292 valence electrons. The first-order valence-electron chi connectivity index (χ1n) is 21.0. The first-order chi connectivity index (χ1) is 31.1. The third-order valence-corrected chi connectivity index (χ3v) is 15.3. The molecule has 0 bridgehead atoms. The molecule has 13 aromatic rings. The van der Waals surface area contributed by atoms with Crippen LogP contribution in [0.2, 0.25) is 0 Å². The lowest BCUT2D eigenvalue weighted by molar-refractivity contribution is 1.17. The maximum atomic E-state index is 10.5. The van der Waals surface area contributed by atoms with Crippen LogP contribution in [0, 0.1) is 29.6 Å². The number of rotatable bonds is 4. The maximum Gasteiger partial charge on any atom is 0.0991 e. The van der Waals surface area contributed by atoms with E-state index in [1.165, 1.54) is 61.9 Å². The van der Waals surface area contributed by atoms with Crippen LogP contribution < -0.4 is 0 Å². The van der Waals surface area contributed by atoms with Crippen molar-refractivity contribution in [3.05, 3.63) is 193 Å². The van der Waals surface area contributed by atoms with Gasteiger partial charge in [-0.15, -0.1) is 22.7 Å². The Morgan fingerprint density at radius 3 is 1.54 bits per heavy atom. The van der Waals surface area contributed by atoms with Crippen molar-refractivity contribution in [2.24, 2.45) is 0 Å². The highest BCUT2D eigenvalue weighted by atomic mass is 32.1. The number of fused-ring (bicyclic) bond motifs is 14. The van der Waals surface area contributed by atoms with E-state index in [0.29, 0.717) is 11.1 Å². The number of benzene rings is 9. The Labute approximate surface area is 369 Å². The molecule has 0 spiro atoms. The van der Waals surface area contributed by atoms with E-state index in [1.54, 1.807) is 0 Å². The second-order valence-electron chi connectivity index (χ2n) is 16.3. The molecule has 63 heavy (non-hydrogen) atoms. The second-order valence-corrected chi connectivity index (χ2v) is 18.4. The van der Waals surface area contributed by atoms with Crippen LogP contribution in [0.1, 0.15) is 16.7 Å². The molecule has 0 aliphatic rings. The highest BCUT2D eigenvalue weighted by Gasteiger charge is 2.24. The van der Waals surface area contributed by atoms with Gasteiger partial charge in [0.1, 0.15) is 0 Å². The van der Waals surface area contributed by atoms with Gasteiger partial charge in [-0.05, 0) is 108 Å². The average molecular weight is 837 g/mol. The number of thiophene rings is 2. The van der Waals surface area contributed by atoms with Crippen molar-refractivity contribution in [3.63, 3.8) is 0 Å². The third-order valence-electron chi connectivity index (χ3n) is 12.9. The lowest BCUT2D eigenvalue weighted by atomic mass is 9.89. The molecule has 6 heteroatoms. The van der Waals surface area contributed by atoms with Crippen LogP contribution >= 0.6 is 22.7 Å². The molecule has 0 atom stereocenters. The molecule has 4 heterocycles. The summed E-state index contributed by atoms with van der Waals surface area (Å²) in [6, 6.07) is 67.5. The van der Waals surface area contributed by atoms with E-state index in [9.17, 15) is 10.5 Å². The summed E-state index contributed by atoms with van der Waals surface area (Å²) in [5.41, 5.74) is 12.7. The maximum absolute atomic E-state index is 10.5. The molecule has 4 nitrogen and oxygen atoms in total. The highest BCUT2D eigenvalue weighted by molar-refractivity contribution is 7.27. The van der Waals surface area contributed by atoms with Gasteiger partial charge in [-0.2, -0.15) is 10.5 Å². The number of aryl methyl sites for hydroxylation is 1. The van der Waals surface area contributed by atoms with Gasteiger partial charge in [-0.1, -0.05) is 97.1 Å². The monoisotopic (exact) mass is 836 g/mol. The van der Waals surface area contributed by atoms with Gasteiger partial charge in [0.25, 0.3) is 0 Å². The lowest BCUT2D eigenvalue weighted by Gasteiger charge is -2.20. The number of nitrogens with zero attached hydrogens (tertiary/aromatic N) is 4. The Hall–Kier alpha value is -8.00. The first kappa shape index (κ1) is 35.7. The average Bonchev–Trinajstić information content (AvgIpc) is 4.09. The second kappa shape index (κ2) is 13.5. The molecule has 0 N–H and O–H groups in total. The van der Waals surface area contributed by atoms with E-state index in [-0.39, 0.29) is 0 Å². The van der Waals surface area contributed by atoms with Crippen molar-refractivity contribution >= 4 is 107 Å². The van der Waals surface area contributed by atoms with Gasteiger partial charge < -0.3 is 9.13 Å². The first-order valence-corrected chi connectivity index (χ1v) is 22.6. The lowest BCUT2D eigenvalue weighted by Crippen LogP contribution is -2.01. The van der Waals surface area contributed by atoms with Crippen LogP contribution in [0.15, 0.2) is 176 Å². The summed E-state index contributed by atoms with van der Waals surface area (Å²) in [5, 5.41) is 30.4. The van der Waals surface area contributed by atoms with Crippen LogP contribution in [0.25, 0.3) is 118 Å². The van der Waals surface area contributed by atoms with Crippen molar-refractivity contribution in [1.82, 2.24) is 9.13 Å². The fourth-order valence-corrected chi connectivity index (χ4v) is 12.7. The van der Waals surface area contributed by atoms with Crippen molar-refractivity contribution in [1.29, 1.82) is 10.5 Å². The van der Waals surface area contributed by atoms with Crippen molar-refractivity contribution in [2.45, 2.75) is 6.92 Å². The van der Waals surface area contributed by atoms with Crippen LogP contribution in [-0.4, -0.2) is 9.13 Å². The zero-order chi connectivity index (χ0) is 41.9. The molecular formula is C57H32N4S2. The highest BCUT2D eigenvalue weighted by Crippen LogP contribution is 2.48. The Morgan fingerprint density at radius 1 is 0.397 bits per heavy atom. The molecule has 0 saturated carbocycles. The SMILES string of the molecule is Cc1cc(C#N)ccc1-c1ccc(-n2c3ccccc3c3c4sc5ccccc5c4ccc32)cc1-c1cc(C#N)ccc1-n1c2ccccc2c2c3sc4ccccc4c3ccc21. The Morgan fingerprint density at radius 2 is 0.921 bits per heavy atom. The summed E-state index contributed by atoms with van der Waals surface area (Å²) >= 11 is 3.71. The number of nitriles is 2. The zero-order valence-corrected chi connectivity index (χ0v) is 35.5.